The van der Waals surface area contributed by atoms with Crippen molar-refractivity contribution in [1.82, 2.24) is 9.97 Å². The number of aromatic nitrogens is 2. The first-order valence-electron chi connectivity index (χ1n) is 11.8. The van der Waals surface area contributed by atoms with Crippen molar-refractivity contribution < 1.29 is 9.90 Å². The van der Waals surface area contributed by atoms with E-state index in [1.165, 1.54) is 11.8 Å². The number of piperidine rings is 1. The van der Waals surface area contributed by atoms with Gasteiger partial charge in [-0.15, -0.1) is 0 Å². The van der Waals surface area contributed by atoms with Crippen LogP contribution in [-0.2, 0) is 4.79 Å². The zero-order valence-corrected chi connectivity index (χ0v) is 21.6. The molecule has 1 fully saturated rings. The van der Waals surface area contributed by atoms with Crippen LogP contribution in [0.15, 0.2) is 57.1 Å². The zero-order valence-electron chi connectivity index (χ0n) is 20.8. The minimum Gasteiger partial charge on any atom is -0.402 e. The molecule has 35 heavy (non-hydrogen) atoms. The van der Waals surface area contributed by atoms with Crippen LogP contribution < -0.4 is 21.7 Å². The summed E-state index contributed by atoms with van der Waals surface area (Å²) < 4.78 is 0. The molecule has 0 unspecified atom stereocenters. The molecule has 2 heterocycles. The molecule has 1 aliphatic rings. The number of benzene rings is 1. The standard InChI is InChI=1S/C25H35N7O2S/c1-5-23(33)28-18-6-8-19(9-7-18)35-24-30-21(29-20(27)14-17(4)26)15-22(31-24)32-12-10-25(34,11-13-32)16(2)3/h6-9,14-16,34H,5,10-13,26H2,1-4H3,(H,28,33)(H2,27,29,30,31). The lowest BCUT2D eigenvalue weighted by Crippen LogP contribution is -2.47. The minimum atomic E-state index is -0.662. The highest BCUT2D eigenvalue weighted by molar-refractivity contribution is 7.99. The molecule has 1 aromatic heterocycles. The molecule has 2 aromatic rings. The molecule has 9 nitrogen and oxygen atoms in total. The topological polar surface area (TPSA) is 143 Å². The Morgan fingerprint density at radius 3 is 2.49 bits per heavy atom. The number of nitrogens with zero attached hydrogens (tertiary/aromatic N) is 4. The number of aliphatic hydroxyl groups is 1. The molecule has 0 spiro atoms. The molecule has 3 rings (SSSR count). The van der Waals surface area contributed by atoms with Crippen molar-refractivity contribution in [3.8, 4) is 0 Å². The number of rotatable bonds is 8. The fourth-order valence-electron chi connectivity index (χ4n) is 3.73. The third-order valence-electron chi connectivity index (χ3n) is 5.99. The molecular weight excluding hydrogens is 462 g/mol. The number of carbonyl (C=O) groups is 1. The number of amides is 1. The number of hydrogen-bond donors (Lipinski definition) is 4. The number of anilines is 2. The summed E-state index contributed by atoms with van der Waals surface area (Å²) in [6.07, 6.45) is 3.34. The average Bonchev–Trinajstić information content (AvgIpc) is 2.80. The summed E-state index contributed by atoms with van der Waals surface area (Å²) in [4.78, 5) is 28.5. The highest BCUT2D eigenvalue weighted by Gasteiger charge is 2.35. The van der Waals surface area contributed by atoms with E-state index < -0.39 is 5.60 Å². The maximum atomic E-state index is 11.6. The van der Waals surface area contributed by atoms with Gasteiger partial charge in [0.05, 0.1) is 5.60 Å². The quantitative estimate of drug-likeness (QED) is 0.245. The van der Waals surface area contributed by atoms with E-state index in [0.29, 0.717) is 49.0 Å². The molecule has 0 aliphatic carbocycles. The molecular formula is C25H35N7O2S. The van der Waals surface area contributed by atoms with Crippen molar-refractivity contribution in [3.63, 3.8) is 0 Å². The number of carbonyl (C=O) groups excluding carboxylic acids is 1. The molecule has 1 aliphatic heterocycles. The summed E-state index contributed by atoms with van der Waals surface area (Å²) in [5.74, 6) is 1.59. The molecule has 0 atom stereocenters. The summed E-state index contributed by atoms with van der Waals surface area (Å²) in [6.45, 7) is 9.02. The van der Waals surface area contributed by atoms with Gasteiger partial charge in [-0.05, 0) is 67.8 Å². The van der Waals surface area contributed by atoms with Gasteiger partial charge in [-0.3, -0.25) is 4.79 Å². The molecule has 188 valence electrons. The summed E-state index contributed by atoms with van der Waals surface area (Å²) in [7, 11) is 0. The first-order valence-corrected chi connectivity index (χ1v) is 12.6. The van der Waals surface area contributed by atoms with Crippen molar-refractivity contribution >= 4 is 40.8 Å². The van der Waals surface area contributed by atoms with Gasteiger partial charge < -0.3 is 26.8 Å². The predicted octanol–water partition coefficient (Wildman–Crippen LogP) is 3.81. The van der Waals surface area contributed by atoms with Gasteiger partial charge in [-0.25, -0.2) is 15.0 Å². The van der Waals surface area contributed by atoms with Crippen molar-refractivity contribution in [2.75, 3.05) is 23.3 Å². The van der Waals surface area contributed by atoms with E-state index in [0.717, 1.165) is 16.4 Å². The van der Waals surface area contributed by atoms with Gasteiger partial charge in [0.1, 0.15) is 11.7 Å². The van der Waals surface area contributed by atoms with Gasteiger partial charge in [0.15, 0.2) is 11.0 Å². The van der Waals surface area contributed by atoms with Gasteiger partial charge in [0, 0.05) is 41.9 Å². The fourth-order valence-corrected chi connectivity index (χ4v) is 4.49. The van der Waals surface area contributed by atoms with E-state index in [4.69, 9.17) is 16.5 Å². The summed E-state index contributed by atoms with van der Waals surface area (Å²) >= 11 is 1.40. The molecule has 1 amide bonds. The number of nitrogens with two attached hydrogens (primary N) is 2. The van der Waals surface area contributed by atoms with Crippen LogP contribution in [-0.4, -0.2) is 45.5 Å². The Kier molecular flexibility index (Phi) is 8.74. The Hall–Kier alpha value is -3.11. The third kappa shape index (κ3) is 7.43. The van der Waals surface area contributed by atoms with Crippen LogP contribution in [0.2, 0.25) is 0 Å². The normalized spacial score (nSPS) is 16.5. The van der Waals surface area contributed by atoms with Crippen LogP contribution in [0.4, 0.5) is 17.3 Å². The number of allylic oxidation sites excluding steroid dienone is 1. The summed E-state index contributed by atoms with van der Waals surface area (Å²) in [5, 5.41) is 14.2. The van der Waals surface area contributed by atoms with Crippen LogP contribution in [0.25, 0.3) is 0 Å². The van der Waals surface area contributed by atoms with Crippen LogP contribution >= 0.6 is 11.8 Å². The first kappa shape index (κ1) is 26.5. The maximum absolute atomic E-state index is 11.6. The Balaban J connectivity index is 1.87. The van der Waals surface area contributed by atoms with Gasteiger partial charge in [0.25, 0.3) is 0 Å². The van der Waals surface area contributed by atoms with Crippen LogP contribution in [0.1, 0.15) is 47.0 Å². The molecule has 6 N–H and O–H groups in total. The molecule has 0 bridgehead atoms. The zero-order chi connectivity index (χ0) is 25.6. The number of nitrogens with one attached hydrogen (secondary N) is 1. The lowest BCUT2D eigenvalue weighted by atomic mass is 9.81. The molecule has 10 heteroatoms. The van der Waals surface area contributed by atoms with Crippen molar-refractivity contribution in [2.45, 2.75) is 62.6 Å². The number of amidine groups is 1. The van der Waals surface area contributed by atoms with Gasteiger partial charge in [-0.2, -0.15) is 0 Å². The Morgan fingerprint density at radius 2 is 1.91 bits per heavy atom. The molecule has 0 saturated carbocycles. The van der Waals surface area contributed by atoms with Crippen LogP contribution in [0.5, 0.6) is 0 Å². The van der Waals surface area contributed by atoms with E-state index in [-0.39, 0.29) is 17.7 Å². The summed E-state index contributed by atoms with van der Waals surface area (Å²) in [6, 6.07) is 9.33. The third-order valence-corrected chi connectivity index (χ3v) is 6.87. The number of aliphatic imine (C=N–C) groups is 1. The van der Waals surface area contributed by atoms with E-state index in [1.807, 2.05) is 31.2 Å². The second-order valence-corrected chi connectivity index (χ2v) is 10.1. The van der Waals surface area contributed by atoms with Gasteiger partial charge in [-0.1, -0.05) is 20.8 Å². The van der Waals surface area contributed by atoms with Gasteiger partial charge >= 0.3 is 0 Å². The second kappa shape index (κ2) is 11.5. The van der Waals surface area contributed by atoms with Crippen molar-refractivity contribution in [3.05, 3.63) is 42.1 Å². The SMILES string of the molecule is CCC(=O)Nc1ccc(Sc2nc(N=C(N)C=C(C)N)cc(N3CCC(O)(C(C)C)CC3)n2)cc1. The van der Waals surface area contributed by atoms with Gasteiger partial charge in [0.2, 0.25) is 5.91 Å². The number of hydrogen-bond acceptors (Lipinski definition) is 8. The molecule has 1 saturated heterocycles. The van der Waals surface area contributed by atoms with E-state index in [2.05, 4.69) is 34.0 Å². The average molecular weight is 498 g/mol. The van der Waals surface area contributed by atoms with E-state index in [1.54, 1.807) is 19.1 Å². The second-order valence-electron chi connectivity index (χ2n) is 9.07. The van der Waals surface area contributed by atoms with E-state index in [9.17, 15) is 9.90 Å². The fraction of sp³-hybridized carbons (Fsp3) is 0.440. The highest BCUT2D eigenvalue weighted by Crippen LogP contribution is 2.34. The highest BCUT2D eigenvalue weighted by atomic mass is 32.2. The van der Waals surface area contributed by atoms with E-state index >= 15 is 0 Å². The molecule has 1 aromatic carbocycles. The monoisotopic (exact) mass is 497 g/mol. The Morgan fingerprint density at radius 1 is 1.26 bits per heavy atom. The lowest BCUT2D eigenvalue weighted by Gasteiger charge is -2.41. The maximum Gasteiger partial charge on any atom is 0.224 e. The Labute approximate surface area is 211 Å². The van der Waals surface area contributed by atoms with Crippen LogP contribution in [0.3, 0.4) is 0 Å². The van der Waals surface area contributed by atoms with Crippen LogP contribution in [0, 0.1) is 5.92 Å². The smallest absolute Gasteiger partial charge is 0.224 e. The first-order chi connectivity index (χ1) is 16.6. The molecule has 0 radical (unpaired) electrons. The predicted molar refractivity (Wildman–Crippen MR) is 142 cm³/mol. The lowest BCUT2D eigenvalue weighted by molar-refractivity contribution is -0.115. The Bertz CT molecular complexity index is 1090. The van der Waals surface area contributed by atoms with Crippen molar-refractivity contribution in [1.29, 1.82) is 0 Å². The summed E-state index contributed by atoms with van der Waals surface area (Å²) in [5.41, 5.74) is 12.4. The largest absolute Gasteiger partial charge is 0.402 e. The van der Waals surface area contributed by atoms with Crippen molar-refractivity contribution in [2.24, 2.45) is 22.4 Å². The minimum absolute atomic E-state index is 0.0332.